The van der Waals surface area contributed by atoms with Gasteiger partial charge in [-0.15, -0.1) is 0 Å². The van der Waals surface area contributed by atoms with Gasteiger partial charge in [-0.05, 0) is 64.2 Å². The number of quaternary nitrogens is 1. The van der Waals surface area contributed by atoms with Gasteiger partial charge in [0.25, 0.3) is 0 Å². The summed E-state index contributed by atoms with van der Waals surface area (Å²) in [5.41, 5.74) is 3.02. The van der Waals surface area contributed by atoms with Crippen molar-refractivity contribution in [1.82, 2.24) is 0 Å². The highest BCUT2D eigenvalue weighted by Gasteiger charge is 2.27. The molecular weight excluding hydrogens is 591 g/mol. The van der Waals surface area contributed by atoms with Gasteiger partial charge in [-0.2, -0.15) is 0 Å². The second kappa shape index (κ2) is 31.8. The molecule has 49 heavy (non-hydrogen) atoms. The summed E-state index contributed by atoms with van der Waals surface area (Å²) in [7, 11) is 0. The molecule has 2 aromatic carbocycles. The van der Waals surface area contributed by atoms with Crippen LogP contribution in [0.1, 0.15) is 192 Å². The van der Waals surface area contributed by atoms with Gasteiger partial charge in [0.1, 0.15) is 13.1 Å². The molecule has 0 saturated heterocycles. The first kappa shape index (κ1) is 43.0. The zero-order valence-electron chi connectivity index (χ0n) is 32.7. The van der Waals surface area contributed by atoms with Crippen LogP contribution in [0.15, 0.2) is 85.0 Å². The molecule has 2 rings (SSSR count). The van der Waals surface area contributed by atoms with Gasteiger partial charge in [0.05, 0.1) is 13.1 Å². The number of hydrogen-bond acceptors (Lipinski definition) is 0. The van der Waals surface area contributed by atoms with Crippen molar-refractivity contribution in [3.05, 3.63) is 96.1 Å². The Morgan fingerprint density at radius 1 is 0.347 bits per heavy atom. The van der Waals surface area contributed by atoms with Gasteiger partial charge in [-0.25, -0.2) is 0 Å². The van der Waals surface area contributed by atoms with Crippen molar-refractivity contribution >= 4 is 0 Å². The summed E-state index contributed by atoms with van der Waals surface area (Å²) >= 11 is 0. The maximum atomic E-state index is 2.37. The van der Waals surface area contributed by atoms with Gasteiger partial charge < -0.3 is 4.48 Å². The first-order valence-electron chi connectivity index (χ1n) is 21.5. The second-order valence-electron chi connectivity index (χ2n) is 15.2. The minimum atomic E-state index is 1.17. The summed E-state index contributed by atoms with van der Waals surface area (Å²) in [6.45, 7) is 9.40. The van der Waals surface area contributed by atoms with Crippen molar-refractivity contribution in [1.29, 1.82) is 0 Å². The fourth-order valence-corrected chi connectivity index (χ4v) is 7.60. The predicted molar refractivity (Wildman–Crippen MR) is 220 cm³/mol. The van der Waals surface area contributed by atoms with Crippen LogP contribution in [-0.4, -0.2) is 17.6 Å². The number of benzene rings is 2. The van der Waals surface area contributed by atoms with Crippen LogP contribution in [0, 0.1) is 0 Å². The fourth-order valence-electron chi connectivity index (χ4n) is 7.60. The van der Waals surface area contributed by atoms with Crippen molar-refractivity contribution in [3.63, 3.8) is 0 Å². The van der Waals surface area contributed by atoms with Gasteiger partial charge in [0.2, 0.25) is 0 Å². The molecule has 1 heteroatoms. The molecule has 0 unspecified atom stereocenters. The largest absolute Gasteiger partial charge is 0.316 e. The molecule has 0 N–H and O–H groups in total. The summed E-state index contributed by atoms with van der Waals surface area (Å²) in [6, 6.07) is 22.8. The first-order chi connectivity index (χ1) is 24.3. The highest BCUT2D eigenvalue weighted by molar-refractivity contribution is 5.15. The number of nitrogens with zero attached hydrogens (tertiary/aromatic N) is 1. The normalized spacial score (nSPS) is 12.1. The molecule has 0 atom stereocenters. The Kier molecular flexibility index (Phi) is 28.0. The average Bonchev–Trinajstić information content (AvgIpc) is 3.12. The lowest BCUT2D eigenvalue weighted by molar-refractivity contribution is -0.954. The Labute approximate surface area is 306 Å². The van der Waals surface area contributed by atoms with Crippen LogP contribution in [0.3, 0.4) is 0 Å². The topological polar surface area (TPSA) is 0 Å². The van der Waals surface area contributed by atoms with E-state index in [4.69, 9.17) is 0 Å². The van der Waals surface area contributed by atoms with Gasteiger partial charge in [0, 0.05) is 11.1 Å². The van der Waals surface area contributed by atoms with Crippen molar-refractivity contribution in [2.45, 2.75) is 194 Å². The van der Waals surface area contributed by atoms with E-state index in [0.717, 1.165) is 0 Å². The Morgan fingerprint density at radius 2 is 0.633 bits per heavy atom. The molecule has 0 radical (unpaired) electrons. The molecule has 0 spiro atoms. The predicted octanol–water partition coefficient (Wildman–Crippen LogP) is 15.5. The zero-order chi connectivity index (χ0) is 34.8. The second-order valence-corrected chi connectivity index (χ2v) is 15.2. The van der Waals surface area contributed by atoms with Crippen molar-refractivity contribution in [2.24, 2.45) is 0 Å². The molecule has 0 aliphatic rings. The van der Waals surface area contributed by atoms with E-state index in [2.05, 4.69) is 98.8 Å². The Hall–Kier alpha value is -2.12. The summed E-state index contributed by atoms with van der Waals surface area (Å²) in [6.07, 6.45) is 45.4. The van der Waals surface area contributed by atoms with Crippen LogP contribution in [0.25, 0.3) is 0 Å². The molecule has 1 nitrogen and oxygen atoms in total. The summed E-state index contributed by atoms with van der Waals surface area (Å²) in [5.74, 6) is 0. The van der Waals surface area contributed by atoms with E-state index in [1.54, 1.807) is 0 Å². The maximum Gasteiger partial charge on any atom is 0.105 e. The van der Waals surface area contributed by atoms with E-state index in [-0.39, 0.29) is 0 Å². The number of allylic oxidation sites excluding steroid dienone is 4. The monoisotopic (exact) mass is 671 g/mol. The average molecular weight is 671 g/mol. The highest BCUT2D eigenvalue weighted by Crippen LogP contribution is 2.24. The Bertz CT molecular complexity index is 922. The molecule has 0 heterocycles. The van der Waals surface area contributed by atoms with Crippen LogP contribution in [0.5, 0.6) is 0 Å². The maximum absolute atomic E-state index is 2.37. The lowest BCUT2D eigenvalue weighted by Gasteiger charge is -2.39. The summed E-state index contributed by atoms with van der Waals surface area (Å²) in [5, 5.41) is 0. The lowest BCUT2D eigenvalue weighted by atomic mass is 10.0. The molecule has 0 amide bonds. The molecule has 0 aromatic heterocycles. The van der Waals surface area contributed by atoms with E-state index in [0.29, 0.717) is 0 Å². The summed E-state index contributed by atoms with van der Waals surface area (Å²) in [4.78, 5) is 0. The fraction of sp³-hybridized carbons (Fsp3) is 0.667. The smallest absolute Gasteiger partial charge is 0.105 e. The highest BCUT2D eigenvalue weighted by atomic mass is 15.3. The Morgan fingerprint density at radius 3 is 0.939 bits per heavy atom. The molecule has 276 valence electrons. The Balaban J connectivity index is 1.72. The SMILES string of the molecule is CC/C=C/CCCCCCCCCCCCC[N+](CCCCCCCCCCCCC/C=C/CC)(Cc1ccccc1)Cc1ccccc1. The van der Waals surface area contributed by atoms with Crippen LogP contribution < -0.4 is 0 Å². The van der Waals surface area contributed by atoms with Crippen LogP contribution in [0.4, 0.5) is 0 Å². The first-order valence-corrected chi connectivity index (χ1v) is 21.5. The molecule has 0 fully saturated rings. The molecule has 2 aromatic rings. The third-order valence-corrected chi connectivity index (χ3v) is 10.5. The standard InChI is InChI=1S/C48H80N/c1-3-5-7-9-11-13-15-17-19-21-23-25-27-29-37-43-49(45-47-39-33-31-34-40-47,46-48-41-35-32-36-42-48)44-38-30-28-26-24-22-20-18-16-14-12-10-8-6-4-2/h5-8,31-36,39-42H,3-4,9-30,37-38,43-46H2,1-2H3/q+1/b7-5+,8-6+. The quantitative estimate of drug-likeness (QED) is 0.0395. The van der Waals surface area contributed by atoms with Crippen LogP contribution in [-0.2, 0) is 13.1 Å². The van der Waals surface area contributed by atoms with Crippen molar-refractivity contribution < 1.29 is 4.48 Å². The van der Waals surface area contributed by atoms with Crippen LogP contribution >= 0.6 is 0 Å². The molecule has 0 aliphatic heterocycles. The molecular formula is C48H80N+. The van der Waals surface area contributed by atoms with E-state index in [9.17, 15) is 0 Å². The molecule has 0 aliphatic carbocycles. The minimum absolute atomic E-state index is 1.17. The summed E-state index contributed by atoms with van der Waals surface area (Å²) < 4.78 is 1.22. The number of unbranched alkanes of at least 4 members (excludes halogenated alkanes) is 22. The van der Waals surface area contributed by atoms with E-state index in [1.165, 1.54) is 209 Å². The van der Waals surface area contributed by atoms with Crippen LogP contribution in [0.2, 0.25) is 0 Å². The van der Waals surface area contributed by atoms with Gasteiger partial charge >= 0.3 is 0 Å². The number of rotatable bonds is 34. The van der Waals surface area contributed by atoms with E-state index in [1.807, 2.05) is 0 Å². The molecule has 0 bridgehead atoms. The minimum Gasteiger partial charge on any atom is -0.316 e. The van der Waals surface area contributed by atoms with Crippen molar-refractivity contribution in [3.8, 4) is 0 Å². The third-order valence-electron chi connectivity index (χ3n) is 10.5. The van der Waals surface area contributed by atoms with Gasteiger partial charge in [-0.1, -0.05) is 202 Å². The lowest BCUT2D eigenvalue weighted by Crippen LogP contribution is -2.48. The zero-order valence-corrected chi connectivity index (χ0v) is 32.7. The number of hydrogen-bond donors (Lipinski definition) is 0. The van der Waals surface area contributed by atoms with Gasteiger partial charge in [0.15, 0.2) is 0 Å². The van der Waals surface area contributed by atoms with Gasteiger partial charge in [-0.3, -0.25) is 0 Å². The molecule has 0 saturated carbocycles. The third kappa shape index (κ3) is 24.6. The van der Waals surface area contributed by atoms with E-state index >= 15 is 0 Å². The van der Waals surface area contributed by atoms with E-state index < -0.39 is 0 Å². The van der Waals surface area contributed by atoms with Crippen molar-refractivity contribution in [2.75, 3.05) is 13.1 Å².